The van der Waals surface area contributed by atoms with Gasteiger partial charge in [-0.15, -0.1) is 13.2 Å². The number of allylic oxidation sites excluding steroid dienone is 1. The Kier molecular flexibility index (Phi) is 10.2. The lowest BCUT2D eigenvalue weighted by Gasteiger charge is -2.36. The lowest BCUT2D eigenvalue weighted by atomic mass is 9.90. The molecular weight excluding hydrogens is 487 g/mol. The molecular formula is C26H31FN2O6S. The molecule has 1 unspecified atom stereocenters. The van der Waals surface area contributed by atoms with Crippen molar-refractivity contribution in [2.24, 2.45) is 0 Å². The summed E-state index contributed by atoms with van der Waals surface area (Å²) in [6.45, 7) is 9.73. The van der Waals surface area contributed by atoms with Gasteiger partial charge >= 0.3 is 5.97 Å². The van der Waals surface area contributed by atoms with Crippen LogP contribution in [-0.4, -0.2) is 61.4 Å². The van der Waals surface area contributed by atoms with Gasteiger partial charge in [-0.25, -0.2) is 12.9 Å². The van der Waals surface area contributed by atoms with Crippen molar-refractivity contribution in [2.75, 3.05) is 20.6 Å². The number of carboxylic acids is 1. The van der Waals surface area contributed by atoms with Crippen molar-refractivity contribution in [2.45, 2.75) is 30.2 Å². The summed E-state index contributed by atoms with van der Waals surface area (Å²) in [5, 5.41) is 29.4. The Labute approximate surface area is 212 Å². The number of carbonyl (C=O) groups is 1. The molecule has 8 nitrogen and oxygen atoms in total. The average Bonchev–Trinajstić information content (AvgIpc) is 2.86. The maximum atomic E-state index is 13.3. The first-order valence-corrected chi connectivity index (χ1v) is 12.2. The minimum Gasteiger partial charge on any atom is -0.504 e. The van der Waals surface area contributed by atoms with Crippen molar-refractivity contribution in [3.05, 3.63) is 79.3 Å². The zero-order valence-electron chi connectivity index (χ0n) is 20.3. The van der Waals surface area contributed by atoms with E-state index in [1.165, 1.54) is 24.3 Å². The molecule has 0 aromatic heterocycles. The number of aliphatic carboxylic acids is 1. The number of likely N-dealkylation sites (N-methyl/N-ethyl adjacent to an activating group) is 2. The Bertz CT molecular complexity index is 1170. The molecule has 0 fully saturated rings. The second-order valence-corrected chi connectivity index (χ2v) is 9.45. The number of phenolic OH excluding ortho intramolecular Hbond substituents is 2. The SMILES string of the molecule is C=C.C=CC1=C(N(C)CC(=O)O)CCC[C@H]1N(C)S(=O)c1ccc(Oc2ccc(F)cc2O)c(O)c1. The van der Waals surface area contributed by atoms with Crippen LogP contribution in [0.15, 0.2) is 78.4 Å². The van der Waals surface area contributed by atoms with Crippen molar-refractivity contribution < 1.29 is 33.5 Å². The first kappa shape index (κ1) is 28.6. The van der Waals surface area contributed by atoms with Gasteiger partial charge in [0.05, 0.1) is 4.90 Å². The second-order valence-electron chi connectivity index (χ2n) is 7.90. The Morgan fingerprint density at radius 3 is 2.33 bits per heavy atom. The Balaban J connectivity index is 0.00000222. The first-order valence-electron chi connectivity index (χ1n) is 11.0. The van der Waals surface area contributed by atoms with Gasteiger partial charge in [-0.2, -0.15) is 0 Å². The predicted molar refractivity (Wildman–Crippen MR) is 137 cm³/mol. The lowest BCUT2D eigenvalue weighted by Crippen LogP contribution is -2.39. The third-order valence-corrected chi connectivity index (χ3v) is 7.04. The maximum Gasteiger partial charge on any atom is 0.323 e. The molecule has 36 heavy (non-hydrogen) atoms. The molecule has 3 N–H and O–H groups in total. The van der Waals surface area contributed by atoms with Crippen LogP contribution in [0.5, 0.6) is 23.0 Å². The largest absolute Gasteiger partial charge is 0.504 e. The van der Waals surface area contributed by atoms with Gasteiger partial charge in [0.1, 0.15) is 23.3 Å². The number of ether oxygens (including phenoxy) is 1. The molecule has 0 saturated carbocycles. The highest BCUT2D eigenvalue weighted by atomic mass is 32.2. The highest BCUT2D eigenvalue weighted by molar-refractivity contribution is 7.82. The number of rotatable bonds is 9. The summed E-state index contributed by atoms with van der Waals surface area (Å²) in [4.78, 5) is 13.1. The summed E-state index contributed by atoms with van der Waals surface area (Å²) in [7, 11) is 1.75. The van der Waals surface area contributed by atoms with Crippen molar-refractivity contribution in [1.29, 1.82) is 0 Å². The molecule has 1 aliphatic rings. The summed E-state index contributed by atoms with van der Waals surface area (Å²) in [5.74, 6) is -2.32. The first-order chi connectivity index (χ1) is 17.1. The normalized spacial score (nSPS) is 16.1. The summed E-state index contributed by atoms with van der Waals surface area (Å²) in [5.41, 5.74) is 1.67. The van der Waals surface area contributed by atoms with Crippen LogP contribution in [-0.2, 0) is 15.8 Å². The van der Waals surface area contributed by atoms with Crippen LogP contribution in [0.25, 0.3) is 0 Å². The van der Waals surface area contributed by atoms with Gasteiger partial charge in [-0.3, -0.25) is 4.79 Å². The minimum absolute atomic E-state index is 0.00670. The summed E-state index contributed by atoms with van der Waals surface area (Å²) in [6, 6.07) is 7.22. The van der Waals surface area contributed by atoms with E-state index in [-0.39, 0.29) is 29.8 Å². The quantitative estimate of drug-likeness (QED) is 0.409. The Morgan fingerprint density at radius 2 is 1.78 bits per heavy atom. The second kappa shape index (κ2) is 12.9. The molecule has 1 aliphatic carbocycles. The van der Waals surface area contributed by atoms with Gasteiger partial charge < -0.3 is 25.0 Å². The fraction of sp³-hybridized carbons (Fsp3) is 0.269. The molecule has 3 rings (SSSR count). The summed E-state index contributed by atoms with van der Waals surface area (Å²) >= 11 is 0. The van der Waals surface area contributed by atoms with Crippen LogP contribution in [0.2, 0.25) is 0 Å². The third-order valence-electron chi connectivity index (χ3n) is 5.61. The molecule has 2 aromatic carbocycles. The lowest BCUT2D eigenvalue weighted by molar-refractivity contribution is -0.137. The zero-order valence-corrected chi connectivity index (χ0v) is 21.1. The molecule has 2 atom stereocenters. The molecule has 0 spiro atoms. The number of halogens is 1. The molecule has 0 amide bonds. The Hall–Kier alpha value is -3.63. The number of aromatic hydroxyl groups is 2. The predicted octanol–water partition coefficient (Wildman–Crippen LogP) is 4.79. The molecule has 0 radical (unpaired) electrons. The van der Waals surface area contributed by atoms with Gasteiger partial charge in [0.25, 0.3) is 0 Å². The van der Waals surface area contributed by atoms with E-state index in [4.69, 9.17) is 9.84 Å². The maximum absolute atomic E-state index is 13.3. The van der Waals surface area contributed by atoms with Crippen LogP contribution in [0.3, 0.4) is 0 Å². The average molecular weight is 519 g/mol. The number of phenols is 2. The van der Waals surface area contributed by atoms with Gasteiger partial charge in [0.15, 0.2) is 23.0 Å². The van der Waals surface area contributed by atoms with E-state index >= 15 is 0 Å². The smallest absolute Gasteiger partial charge is 0.323 e. The van der Waals surface area contributed by atoms with E-state index in [0.29, 0.717) is 17.7 Å². The highest BCUT2D eigenvalue weighted by Gasteiger charge is 2.30. The van der Waals surface area contributed by atoms with E-state index in [1.54, 1.807) is 29.4 Å². The minimum atomic E-state index is -1.66. The molecule has 0 bridgehead atoms. The molecule has 0 heterocycles. The van der Waals surface area contributed by atoms with Crippen LogP contribution < -0.4 is 4.74 Å². The Morgan fingerprint density at radius 1 is 1.17 bits per heavy atom. The van der Waals surface area contributed by atoms with Gasteiger partial charge in [0, 0.05) is 38.0 Å². The van der Waals surface area contributed by atoms with Crippen molar-refractivity contribution in [3.8, 4) is 23.0 Å². The van der Waals surface area contributed by atoms with Crippen LogP contribution in [0, 0.1) is 5.82 Å². The fourth-order valence-electron chi connectivity index (χ4n) is 3.97. The summed E-state index contributed by atoms with van der Waals surface area (Å²) < 4.78 is 33.6. The molecule has 10 heteroatoms. The van der Waals surface area contributed by atoms with Crippen LogP contribution in [0.1, 0.15) is 19.3 Å². The van der Waals surface area contributed by atoms with Crippen LogP contribution in [0.4, 0.5) is 4.39 Å². The highest BCUT2D eigenvalue weighted by Crippen LogP contribution is 2.37. The zero-order chi connectivity index (χ0) is 27.0. The van der Waals surface area contributed by atoms with Gasteiger partial charge in [0.2, 0.25) is 0 Å². The van der Waals surface area contributed by atoms with E-state index in [2.05, 4.69) is 19.7 Å². The number of hydrogen-bond acceptors (Lipinski definition) is 6. The summed E-state index contributed by atoms with van der Waals surface area (Å²) in [6.07, 6.45) is 3.88. The fourth-order valence-corrected chi connectivity index (χ4v) is 5.14. The van der Waals surface area contributed by atoms with E-state index in [1.807, 2.05) is 0 Å². The van der Waals surface area contributed by atoms with E-state index in [0.717, 1.165) is 29.8 Å². The van der Waals surface area contributed by atoms with E-state index < -0.39 is 28.5 Å². The van der Waals surface area contributed by atoms with E-state index in [9.17, 15) is 23.6 Å². The topological polar surface area (TPSA) is 111 Å². The van der Waals surface area contributed by atoms with Crippen molar-refractivity contribution >= 4 is 17.0 Å². The molecule has 2 aromatic rings. The number of benzene rings is 2. The van der Waals surface area contributed by atoms with Gasteiger partial charge in [-0.1, -0.05) is 12.7 Å². The van der Waals surface area contributed by atoms with Gasteiger partial charge in [-0.05, 0) is 49.1 Å². The third kappa shape index (κ3) is 6.73. The molecule has 0 aliphatic heterocycles. The standard InChI is InChI=1S/C24H27FN2O6S.C2H4/c1-4-17-18(26(2)14-24(30)31)6-5-7-19(17)27(3)34(32)16-9-11-23(21(29)13-16)33-22-10-8-15(25)12-20(22)28;1-2/h4,8-13,19,28-29H,1,5-7,14H2,2-3H3,(H,30,31);1-2H2/t19-,34?;/m1./s1. The van der Waals surface area contributed by atoms with Crippen LogP contribution >= 0.6 is 0 Å². The monoisotopic (exact) mass is 518 g/mol. The number of carboxylic acid groups (broad SMARTS) is 1. The number of hydrogen-bond donors (Lipinski definition) is 3. The number of nitrogens with zero attached hydrogens (tertiary/aromatic N) is 2. The van der Waals surface area contributed by atoms with Crippen molar-refractivity contribution in [1.82, 2.24) is 9.21 Å². The van der Waals surface area contributed by atoms with Crippen molar-refractivity contribution in [3.63, 3.8) is 0 Å². The molecule has 0 saturated heterocycles. The molecule has 194 valence electrons.